The summed E-state index contributed by atoms with van der Waals surface area (Å²) in [6, 6.07) is 10.4. The zero-order valence-electron chi connectivity index (χ0n) is 11.4. The third-order valence-corrected chi connectivity index (χ3v) is 3.82. The van der Waals surface area contributed by atoms with E-state index in [1.807, 2.05) is 24.3 Å². The van der Waals surface area contributed by atoms with E-state index < -0.39 is 0 Å². The predicted octanol–water partition coefficient (Wildman–Crippen LogP) is 4.55. The lowest BCUT2D eigenvalue weighted by molar-refractivity contribution is 1.39. The minimum atomic E-state index is 0.404. The molecule has 0 heterocycles. The highest BCUT2D eigenvalue weighted by atomic mass is 28.1. The second kappa shape index (κ2) is 8.54. The van der Waals surface area contributed by atoms with E-state index in [1.54, 1.807) is 0 Å². The largest absolute Gasteiger partial charge is 0.173 e. The summed E-state index contributed by atoms with van der Waals surface area (Å²) < 4.78 is 0. The Kier molecular flexibility index (Phi) is 6.98. The second-order valence-corrected chi connectivity index (χ2v) is 5.04. The summed E-state index contributed by atoms with van der Waals surface area (Å²) >= 11 is 0. The molecule has 0 unspecified atom stereocenters. The van der Waals surface area contributed by atoms with Crippen LogP contribution in [0.3, 0.4) is 0 Å². The SMILES string of the molecule is C=CCB(CC=C)/C([Si])=C(/CC=C)c1ccccc1. The molecule has 0 atom stereocenters. The Labute approximate surface area is 121 Å². The Hall–Kier alpha value is -1.54. The van der Waals surface area contributed by atoms with Crippen LogP contribution < -0.4 is 0 Å². The van der Waals surface area contributed by atoms with Gasteiger partial charge in [-0.25, -0.2) is 0 Å². The van der Waals surface area contributed by atoms with Crippen LogP contribution in [0, 0.1) is 0 Å². The molecule has 0 saturated carbocycles. The second-order valence-electron chi connectivity index (χ2n) is 4.50. The molecule has 0 amide bonds. The minimum Gasteiger partial charge on any atom is -0.112 e. The van der Waals surface area contributed by atoms with Gasteiger partial charge in [0, 0.05) is 0 Å². The number of allylic oxidation sites excluding steroid dienone is 4. The summed E-state index contributed by atoms with van der Waals surface area (Å²) in [5, 5.41) is 1.23. The quantitative estimate of drug-likeness (QED) is 0.477. The van der Waals surface area contributed by atoms with Crippen LogP contribution >= 0.6 is 0 Å². The predicted molar refractivity (Wildman–Crippen MR) is 89.7 cm³/mol. The van der Waals surface area contributed by atoms with E-state index in [0.717, 1.165) is 19.1 Å². The van der Waals surface area contributed by atoms with Crippen LogP contribution in [0.2, 0.25) is 12.6 Å². The molecule has 0 saturated heterocycles. The maximum Gasteiger partial charge on any atom is 0.173 e. The Morgan fingerprint density at radius 1 is 1.00 bits per heavy atom. The van der Waals surface area contributed by atoms with Crippen molar-refractivity contribution in [3.05, 3.63) is 79.0 Å². The molecule has 0 nitrogen and oxygen atoms in total. The van der Waals surface area contributed by atoms with Crippen molar-refractivity contribution in [3.63, 3.8) is 0 Å². The van der Waals surface area contributed by atoms with Crippen LogP contribution in [0.5, 0.6) is 0 Å². The first-order valence-corrected chi connectivity index (χ1v) is 7.07. The third-order valence-electron chi connectivity index (χ3n) is 3.11. The Morgan fingerprint density at radius 3 is 2.05 bits per heavy atom. The van der Waals surface area contributed by atoms with E-state index in [-0.39, 0.29) is 0 Å². The standard InChI is InChI=1S/C17H20BSi/c1-4-10-16(15-11-8-7-9-12-15)17(19)18(13-5-2)14-6-3/h4-9,11-12H,1-3,10,13-14H2/b17-16+. The average Bonchev–Trinajstić information content (AvgIpc) is 2.45. The molecule has 0 bridgehead atoms. The van der Waals surface area contributed by atoms with Gasteiger partial charge in [-0.15, -0.1) is 24.8 Å². The van der Waals surface area contributed by atoms with Gasteiger partial charge >= 0.3 is 0 Å². The molecule has 0 aliphatic carbocycles. The first-order chi connectivity index (χ1) is 9.24. The van der Waals surface area contributed by atoms with E-state index in [4.69, 9.17) is 0 Å². The first-order valence-electron chi connectivity index (χ1n) is 6.57. The van der Waals surface area contributed by atoms with E-state index in [0.29, 0.717) is 6.71 Å². The van der Waals surface area contributed by atoms with E-state index in [9.17, 15) is 0 Å². The summed E-state index contributed by atoms with van der Waals surface area (Å²) in [6.07, 6.45) is 8.61. The molecule has 19 heavy (non-hydrogen) atoms. The zero-order chi connectivity index (χ0) is 14.1. The van der Waals surface area contributed by atoms with E-state index in [1.165, 1.54) is 16.2 Å². The van der Waals surface area contributed by atoms with Crippen molar-refractivity contribution in [1.82, 2.24) is 0 Å². The van der Waals surface area contributed by atoms with Gasteiger partial charge < -0.3 is 0 Å². The lowest BCUT2D eigenvalue weighted by Gasteiger charge is -2.17. The van der Waals surface area contributed by atoms with Gasteiger partial charge in [-0.2, -0.15) is 0 Å². The van der Waals surface area contributed by atoms with Crippen molar-refractivity contribution in [2.45, 2.75) is 19.1 Å². The summed E-state index contributed by atoms with van der Waals surface area (Å²) in [5.74, 6) is 0. The van der Waals surface area contributed by atoms with E-state index in [2.05, 4.69) is 54.2 Å². The molecule has 1 aromatic carbocycles. The van der Waals surface area contributed by atoms with Gasteiger partial charge in [0.15, 0.2) is 6.71 Å². The number of hydrogen-bond acceptors (Lipinski definition) is 0. The van der Waals surface area contributed by atoms with Crippen LogP contribution in [0.1, 0.15) is 12.0 Å². The molecule has 1 rings (SSSR count). The fourth-order valence-electron chi connectivity index (χ4n) is 2.15. The maximum absolute atomic E-state index is 3.86. The van der Waals surface area contributed by atoms with Gasteiger partial charge in [-0.3, -0.25) is 0 Å². The molecule has 0 N–H and O–H groups in total. The zero-order valence-corrected chi connectivity index (χ0v) is 12.4. The fraction of sp³-hybridized carbons (Fsp3) is 0.176. The molecule has 0 spiro atoms. The highest BCUT2D eigenvalue weighted by molar-refractivity contribution is 6.78. The molecule has 3 radical (unpaired) electrons. The molecule has 0 aliphatic rings. The molecule has 95 valence electrons. The molecule has 0 fully saturated rings. The van der Waals surface area contributed by atoms with Crippen LogP contribution in [0.25, 0.3) is 5.57 Å². The van der Waals surface area contributed by atoms with Gasteiger partial charge in [0.1, 0.15) is 0 Å². The monoisotopic (exact) mass is 263 g/mol. The third kappa shape index (κ3) is 4.57. The molecule has 1 aromatic rings. The highest BCUT2D eigenvalue weighted by Gasteiger charge is 2.16. The summed E-state index contributed by atoms with van der Waals surface area (Å²) in [7, 11) is 3.84. The van der Waals surface area contributed by atoms with Crippen LogP contribution in [-0.2, 0) is 0 Å². The van der Waals surface area contributed by atoms with Gasteiger partial charge in [-0.05, 0) is 12.0 Å². The Bertz CT molecular complexity index is 449. The average molecular weight is 263 g/mol. The summed E-state index contributed by atoms with van der Waals surface area (Å²) in [5.41, 5.74) is 2.53. The maximum atomic E-state index is 3.86. The van der Waals surface area contributed by atoms with Crippen LogP contribution in [-0.4, -0.2) is 17.0 Å². The van der Waals surface area contributed by atoms with E-state index >= 15 is 0 Å². The smallest absolute Gasteiger partial charge is 0.112 e. The van der Waals surface area contributed by atoms with Crippen molar-refractivity contribution in [2.75, 3.05) is 0 Å². The Balaban J connectivity index is 3.18. The lowest BCUT2D eigenvalue weighted by Crippen LogP contribution is -2.16. The Morgan fingerprint density at radius 2 is 1.58 bits per heavy atom. The molecule has 0 aliphatic heterocycles. The van der Waals surface area contributed by atoms with Crippen molar-refractivity contribution in [3.8, 4) is 0 Å². The summed E-state index contributed by atoms with van der Waals surface area (Å²) in [4.78, 5) is 0. The molecule has 0 aromatic heterocycles. The molecule has 2 heteroatoms. The number of benzene rings is 1. The minimum absolute atomic E-state index is 0.404. The van der Waals surface area contributed by atoms with Gasteiger partial charge in [-0.1, -0.05) is 66.8 Å². The van der Waals surface area contributed by atoms with Crippen molar-refractivity contribution >= 4 is 22.5 Å². The topological polar surface area (TPSA) is 0 Å². The van der Waals surface area contributed by atoms with Crippen molar-refractivity contribution < 1.29 is 0 Å². The van der Waals surface area contributed by atoms with Gasteiger partial charge in [0.25, 0.3) is 0 Å². The fourth-order valence-corrected chi connectivity index (χ4v) is 2.63. The van der Waals surface area contributed by atoms with Crippen molar-refractivity contribution in [1.29, 1.82) is 0 Å². The summed E-state index contributed by atoms with van der Waals surface area (Å²) in [6.45, 7) is 12.0. The molecular weight excluding hydrogens is 243 g/mol. The molecular formula is C17H20BSi. The van der Waals surface area contributed by atoms with Crippen LogP contribution in [0.15, 0.2) is 73.4 Å². The van der Waals surface area contributed by atoms with Crippen molar-refractivity contribution in [2.24, 2.45) is 0 Å². The highest BCUT2D eigenvalue weighted by Crippen LogP contribution is 2.25. The van der Waals surface area contributed by atoms with Gasteiger partial charge in [0.2, 0.25) is 0 Å². The lowest BCUT2D eigenvalue weighted by atomic mass is 9.43. The van der Waals surface area contributed by atoms with Crippen LogP contribution in [0.4, 0.5) is 0 Å². The first kappa shape index (κ1) is 15.5. The number of rotatable bonds is 8. The van der Waals surface area contributed by atoms with Gasteiger partial charge in [0.05, 0.1) is 10.2 Å². The number of hydrogen-bond donors (Lipinski definition) is 0. The normalized spacial score (nSPS) is 11.4.